The summed E-state index contributed by atoms with van der Waals surface area (Å²) in [6.07, 6.45) is 2.09. The van der Waals surface area contributed by atoms with E-state index in [4.69, 9.17) is 0 Å². The SMILES string of the molecule is CC(=O)N1CCC(NCc2cccc3ccccc23)CC1. The maximum atomic E-state index is 11.3. The second-order valence-corrected chi connectivity index (χ2v) is 5.80. The maximum absolute atomic E-state index is 11.3. The number of hydrogen-bond acceptors (Lipinski definition) is 2. The van der Waals surface area contributed by atoms with Crippen LogP contribution >= 0.6 is 0 Å². The standard InChI is InChI=1S/C18H22N2O/c1-14(21)20-11-9-17(10-12-20)19-13-16-7-4-6-15-5-2-3-8-18(15)16/h2-8,17,19H,9-13H2,1H3. The Labute approximate surface area is 125 Å². The van der Waals surface area contributed by atoms with Gasteiger partial charge in [0.25, 0.3) is 0 Å². The van der Waals surface area contributed by atoms with Crippen LogP contribution in [0.5, 0.6) is 0 Å². The lowest BCUT2D eigenvalue weighted by molar-refractivity contribution is -0.129. The van der Waals surface area contributed by atoms with E-state index in [0.29, 0.717) is 6.04 Å². The van der Waals surface area contributed by atoms with Crippen molar-refractivity contribution in [3.05, 3.63) is 48.0 Å². The van der Waals surface area contributed by atoms with Crippen LogP contribution in [0, 0.1) is 0 Å². The van der Waals surface area contributed by atoms with Crippen LogP contribution in [0.15, 0.2) is 42.5 Å². The first-order chi connectivity index (χ1) is 10.2. The first-order valence-corrected chi connectivity index (χ1v) is 7.69. The first kappa shape index (κ1) is 14.1. The molecular weight excluding hydrogens is 260 g/mol. The zero-order valence-electron chi connectivity index (χ0n) is 12.5. The number of likely N-dealkylation sites (tertiary alicyclic amines) is 1. The van der Waals surface area contributed by atoms with Gasteiger partial charge in [0, 0.05) is 32.6 Å². The zero-order chi connectivity index (χ0) is 14.7. The summed E-state index contributed by atoms with van der Waals surface area (Å²) in [5.41, 5.74) is 1.35. The number of rotatable bonds is 3. The molecule has 1 aliphatic rings. The molecule has 0 atom stereocenters. The highest BCUT2D eigenvalue weighted by Gasteiger charge is 2.20. The average Bonchev–Trinajstić information content (AvgIpc) is 2.53. The molecule has 0 radical (unpaired) electrons. The van der Waals surface area contributed by atoms with Crippen LogP contribution in [0.4, 0.5) is 0 Å². The van der Waals surface area contributed by atoms with Gasteiger partial charge in [0.05, 0.1) is 0 Å². The number of amides is 1. The van der Waals surface area contributed by atoms with Crippen LogP contribution in [0.2, 0.25) is 0 Å². The lowest BCUT2D eigenvalue weighted by Crippen LogP contribution is -2.43. The van der Waals surface area contributed by atoms with Gasteiger partial charge in [-0.25, -0.2) is 0 Å². The molecule has 21 heavy (non-hydrogen) atoms. The van der Waals surface area contributed by atoms with Crippen molar-refractivity contribution in [3.8, 4) is 0 Å². The Bertz CT molecular complexity index is 625. The van der Waals surface area contributed by atoms with Crippen molar-refractivity contribution in [2.24, 2.45) is 0 Å². The van der Waals surface area contributed by atoms with E-state index < -0.39 is 0 Å². The van der Waals surface area contributed by atoms with E-state index in [1.54, 1.807) is 6.92 Å². The Morgan fingerprint density at radius 3 is 2.62 bits per heavy atom. The number of carbonyl (C=O) groups is 1. The Balaban J connectivity index is 1.61. The molecule has 0 bridgehead atoms. The molecule has 3 rings (SSSR count). The molecule has 0 unspecified atom stereocenters. The van der Waals surface area contributed by atoms with Gasteiger partial charge in [0.15, 0.2) is 0 Å². The largest absolute Gasteiger partial charge is 0.343 e. The fraction of sp³-hybridized carbons (Fsp3) is 0.389. The van der Waals surface area contributed by atoms with Gasteiger partial charge >= 0.3 is 0 Å². The van der Waals surface area contributed by atoms with Crippen molar-refractivity contribution in [1.82, 2.24) is 10.2 Å². The van der Waals surface area contributed by atoms with Crippen LogP contribution in [0.25, 0.3) is 10.8 Å². The van der Waals surface area contributed by atoms with Crippen molar-refractivity contribution in [1.29, 1.82) is 0 Å². The number of benzene rings is 2. The van der Waals surface area contributed by atoms with Crippen molar-refractivity contribution in [2.75, 3.05) is 13.1 Å². The molecule has 3 heteroatoms. The fourth-order valence-corrected chi connectivity index (χ4v) is 3.10. The van der Waals surface area contributed by atoms with Gasteiger partial charge in [-0.05, 0) is 29.2 Å². The minimum absolute atomic E-state index is 0.197. The van der Waals surface area contributed by atoms with Crippen LogP contribution in [0.3, 0.4) is 0 Å². The molecule has 110 valence electrons. The molecule has 1 saturated heterocycles. The second kappa shape index (κ2) is 6.27. The molecule has 1 fully saturated rings. The third kappa shape index (κ3) is 3.24. The first-order valence-electron chi connectivity index (χ1n) is 7.69. The van der Waals surface area contributed by atoms with Gasteiger partial charge in [-0.3, -0.25) is 4.79 Å². The number of fused-ring (bicyclic) bond motifs is 1. The summed E-state index contributed by atoms with van der Waals surface area (Å²) in [6, 6.07) is 15.5. The smallest absolute Gasteiger partial charge is 0.219 e. The normalized spacial score (nSPS) is 16.3. The molecule has 1 amide bonds. The predicted octanol–water partition coefficient (Wildman–Crippen LogP) is 2.94. The summed E-state index contributed by atoms with van der Waals surface area (Å²) in [7, 11) is 0. The molecule has 1 N–H and O–H groups in total. The summed E-state index contributed by atoms with van der Waals surface area (Å²) in [6.45, 7) is 4.31. The Kier molecular flexibility index (Phi) is 4.20. The number of piperidine rings is 1. The van der Waals surface area contributed by atoms with Gasteiger partial charge < -0.3 is 10.2 Å². The van der Waals surface area contributed by atoms with E-state index in [9.17, 15) is 4.79 Å². The van der Waals surface area contributed by atoms with E-state index in [-0.39, 0.29) is 5.91 Å². The summed E-state index contributed by atoms with van der Waals surface area (Å²) < 4.78 is 0. The highest BCUT2D eigenvalue weighted by atomic mass is 16.2. The van der Waals surface area contributed by atoms with Gasteiger partial charge in [-0.1, -0.05) is 42.5 Å². The molecule has 0 aromatic heterocycles. The Morgan fingerprint density at radius 2 is 1.86 bits per heavy atom. The minimum atomic E-state index is 0.197. The molecule has 3 nitrogen and oxygen atoms in total. The quantitative estimate of drug-likeness (QED) is 0.938. The Morgan fingerprint density at radius 1 is 1.14 bits per heavy atom. The molecule has 0 saturated carbocycles. The summed E-state index contributed by atoms with van der Waals surface area (Å²) in [5, 5.41) is 6.27. The lowest BCUT2D eigenvalue weighted by atomic mass is 10.0. The maximum Gasteiger partial charge on any atom is 0.219 e. The van der Waals surface area contributed by atoms with Gasteiger partial charge in [0.1, 0.15) is 0 Å². The summed E-state index contributed by atoms with van der Waals surface area (Å²) in [5.74, 6) is 0.197. The highest BCUT2D eigenvalue weighted by Crippen LogP contribution is 2.19. The molecule has 0 aliphatic carbocycles. The van der Waals surface area contributed by atoms with Crippen LogP contribution < -0.4 is 5.32 Å². The predicted molar refractivity (Wildman–Crippen MR) is 86.1 cm³/mol. The zero-order valence-corrected chi connectivity index (χ0v) is 12.5. The van der Waals surface area contributed by atoms with E-state index in [1.165, 1.54) is 16.3 Å². The number of carbonyl (C=O) groups excluding carboxylic acids is 1. The third-order valence-corrected chi connectivity index (χ3v) is 4.40. The Hall–Kier alpha value is -1.87. The number of nitrogens with one attached hydrogen (secondary N) is 1. The van der Waals surface area contributed by atoms with Crippen molar-refractivity contribution in [2.45, 2.75) is 32.4 Å². The second-order valence-electron chi connectivity index (χ2n) is 5.80. The van der Waals surface area contributed by atoms with E-state index >= 15 is 0 Å². The number of hydrogen-bond donors (Lipinski definition) is 1. The molecule has 2 aromatic carbocycles. The summed E-state index contributed by atoms with van der Waals surface area (Å²) in [4.78, 5) is 13.3. The van der Waals surface area contributed by atoms with E-state index in [2.05, 4.69) is 47.8 Å². The summed E-state index contributed by atoms with van der Waals surface area (Å²) >= 11 is 0. The van der Waals surface area contributed by atoms with Crippen LogP contribution in [-0.4, -0.2) is 29.9 Å². The van der Waals surface area contributed by atoms with Gasteiger partial charge in [-0.15, -0.1) is 0 Å². The highest BCUT2D eigenvalue weighted by molar-refractivity contribution is 5.85. The third-order valence-electron chi connectivity index (χ3n) is 4.40. The molecule has 1 aliphatic heterocycles. The van der Waals surface area contributed by atoms with Gasteiger partial charge in [-0.2, -0.15) is 0 Å². The molecular formula is C18H22N2O. The van der Waals surface area contributed by atoms with E-state index in [1.807, 2.05) is 4.90 Å². The topological polar surface area (TPSA) is 32.3 Å². The molecule has 1 heterocycles. The monoisotopic (exact) mass is 282 g/mol. The van der Waals surface area contributed by atoms with Crippen LogP contribution in [-0.2, 0) is 11.3 Å². The van der Waals surface area contributed by atoms with E-state index in [0.717, 1.165) is 32.5 Å². The van der Waals surface area contributed by atoms with Crippen molar-refractivity contribution >= 4 is 16.7 Å². The fourth-order valence-electron chi connectivity index (χ4n) is 3.10. The average molecular weight is 282 g/mol. The number of nitrogens with zero attached hydrogens (tertiary/aromatic N) is 1. The van der Waals surface area contributed by atoms with Crippen LogP contribution in [0.1, 0.15) is 25.3 Å². The molecule has 2 aromatic rings. The van der Waals surface area contributed by atoms with Crippen molar-refractivity contribution < 1.29 is 4.79 Å². The van der Waals surface area contributed by atoms with Crippen molar-refractivity contribution in [3.63, 3.8) is 0 Å². The van der Waals surface area contributed by atoms with Gasteiger partial charge in [0.2, 0.25) is 5.91 Å². The minimum Gasteiger partial charge on any atom is -0.343 e. The lowest BCUT2D eigenvalue weighted by Gasteiger charge is -2.32. The molecule has 0 spiro atoms.